The highest BCUT2D eigenvalue weighted by molar-refractivity contribution is 5.40. The molecule has 2 heteroatoms. The van der Waals surface area contributed by atoms with Crippen molar-refractivity contribution in [1.29, 1.82) is 0 Å². The first kappa shape index (κ1) is 16.9. The van der Waals surface area contributed by atoms with Crippen LogP contribution < -0.4 is 9.47 Å². The van der Waals surface area contributed by atoms with Crippen LogP contribution in [-0.2, 0) is 0 Å². The van der Waals surface area contributed by atoms with E-state index in [4.69, 9.17) is 9.47 Å². The molecular weight excluding hydrogens is 284 g/mol. The van der Waals surface area contributed by atoms with Crippen LogP contribution in [0.3, 0.4) is 0 Å². The molecule has 23 heavy (non-hydrogen) atoms. The highest BCUT2D eigenvalue weighted by Gasteiger charge is 2.13. The zero-order valence-corrected chi connectivity index (χ0v) is 13.5. The fourth-order valence-corrected chi connectivity index (χ4v) is 2.35. The Balaban J connectivity index is 2.11. The van der Waals surface area contributed by atoms with Gasteiger partial charge in [0.2, 0.25) is 0 Å². The second kappa shape index (κ2) is 8.84. The SMILES string of the molecule is C=CCOc1ccc(C([C]C)c2ccc(OCC=C)cc2)cc1. The van der Waals surface area contributed by atoms with E-state index in [0.29, 0.717) is 13.2 Å². The highest BCUT2D eigenvalue weighted by Crippen LogP contribution is 2.29. The summed E-state index contributed by atoms with van der Waals surface area (Å²) in [7, 11) is 0. The van der Waals surface area contributed by atoms with Crippen molar-refractivity contribution < 1.29 is 9.47 Å². The minimum atomic E-state index is 0.122. The molecule has 2 radical (unpaired) electrons. The van der Waals surface area contributed by atoms with Crippen LogP contribution in [0.4, 0.5) is 0 Å². The summed E-state index contributed by atoms with van der Waals surface area (Å²) in [4.78, 5) is 0. The zero-order chi connectivity index (χ0) is 16.5. The van der Waals surface area contributed by atoms with Gasteiger partial charge in [0.1, 0.15) is 24.7 Å². The predicted molar refractivity (Wildman–Crippen MR) is 95.0 cm³/mol. The maximum atomic E-state index is 5.52. The standard InChI is InChI=1S/C21H22O2/c1-4-15-22-19-11-7-17(8-12-19)21(6-3)18-9-13-20(14-10-18)23-16-5-2/h4-5,7-14,21H,1-2,15-16H2,3H3. The van der Waals surface area contributed by atoms with Gasteiger partial charge in [-0.25, -0.2) is 0 Å². The quantitative estimate of drug-likeness (QED) is 0.604. The molecule has 0 aromatic heterocycles. The van der Waals surface area contributed by atoms with Crippen LogP contribution in [0, 0.1) is 6.42 Å². The Morgan fingerprint density at radius 2 is 1.22 bits per heavy atom. The summed E-state index contributed by atoms with van der Waals surface area (Å²) in [5, 5.41) is 0. The summed E-state index contributed by atoms with van der Waals surface area (Å²) in [6.45, 7) is 10.3. The van der Waals surface area contributed by atoms with Crippen molar-refractivity contribution in [3.8, 4) is 11.5 Å². The fourth-order valence-electron chi connectivity index (χ4n) is 2.35. The Morgan fingerprint density at radius 1 is 0.826 bits per heavy atom. The van der Waals surface area contributed by atoms with Crippen LogP contribution in [0.25, 0.3) is 0 Å². The van der Waals surface area contributed by atoms with Gasteiger partial charge in [-0.05, 0) is 41.8 Å². The second-order valence-electron chi connectivity index (χ2n) is 5.06. The third-order valence-corrected chi connectivity index (χ3v) is 3.45. The maximum absolute atomic E-state index is 5.52. The summed E-state index contributed by atoms with van der Waals surface area (Å²) in [5.41, 5.74) is 2.36. The zero-order valence-electron chi connectivity index (χ0n) is 13.5. The summed E-state index contributed by atoms with van der Waals surface area (Å²) in [6.07, 6.45) is 6.82. The van der Waals surface area contributed by atoms with Gasteiger partial charge in [-0.3, -0.25) is 0 Å². The lowest BCUT2D eigenvalue weighted by Gasteiger charge is -2.16. The van der Waals surface area contributed by atoms with Gasteiger partial charge in [-0.2, -0.15) is 0 Å². The van der Waals surface area contributed by atoms with Gasteiger partial charge < -0.3 is 9.47 Å². The number of hydrogen-bond donors (Lipinski definition) is 0. The molecular formula is C21H22O2. The molecule has 0 aliphatic carbocycles. The van der Waals surface area contributed by atoms with Crippen LogP contribution in [0.5, 0.6) is 11.5 Å². The Bertz CT molecular complexity index is 556. The van der Waals surface area contributed by atoms with Gasteiger partial charge in [-0.15, -0.1) is 0 Å². The molecule has 0 spiro atoms. The molecule has 0 saturated carbocycles. The van der Waals surface area contributed by atoms with Crippen LogP contribution in [-0.4, -0.2) is 13.2 Å². The van der Waals surface area contributed by atoms with Crippen LogP contribution in [0.2, 0.25) is 0 Å². The summed E-state index contributed by atoms with van der Waals surface area (Å²) < 4.78 is 11.0. The molecule has 0 N–H and O–H groups in total. The summed E-state index contributed by atoms with van der Waals surface area (Å²) >= 11 is 0. The predicted octanol–water partition coefficient (Wildman–Crippen LogP) is 5.05. The molecule has 0 atom stereocenters. The Hall–Kier alpha value is -2.48. The normalized spacial score (nSPS) is 10.3. The first-order chi connectivity index (χ1) is 11.3. The average Bonchev–Trinajstić information content (AvgIpc) is 2.61. The maximum Gasteiger partial charge on any atom is 0.119 e. The minimum Gasteiger partial charge on any atom is -0.490 e. The number of ether oxygens (including phenoxy) is 2. The third kappa shape index (κ3) is 4.75. The molecule has 0 bridgehead atoms. The molecule has 0 amide bonds. The van der Waals surface area contributed by atoms with E-state index in [1.165, 1.54) is 11.1 Å². The molecule has 0 fully saturated rings. The van der Waals surface area contributed by atoms with E-state index >= 15 is 0 Å². The van der Waals surface area contributed by atoms with E-state index in [-0.39, 0.29) is 5.92 Å². The third-order valence-electron chi connectivity index (χ3n) is 3.45. The fraction of sp³-hybridized carbons (Fsp3) is 0.190. The largest absolute Gasteiger partial charge is 0.490 e. The number of hydrogen-bond acceptors (Lipinski definition) is 2. The van der Waals surface area contributed by atoms with E-state index in [2.05, 4.69) is 43.8 Å². The smallest absolute Gasteiger partial charge is 0.119 e. The number of benzene rings is 2. The Morgan fingerprint density at radius 3 is 1.52 bits per heavy atom. The first-order valence-electron chi connectivity index (χ1n) is 7.63. The van der Waals surface area contributed by atoms with Crippen molar-refractivity contribution in [2.24, 2.45) is 0 Å². The molecule has 2 aromatic carbocycles. The van der Waals surface area contributed by atoms with Gasteiger partial charge in [0.15, 0.2) is 0 Å². The van der Waals surface area contributed by atoms with Crippen LogP contribution >= 0.6 is 0 Å². The number of rotatable bonds is 9. The van der Waals surface area contributed by atoms with Gasteiger partial charge in [0.05, 0.1) is 0 Å². The highest BCUT2D eigenvalue weighted by atomic mass is 16.5. The van der Waals surface area contributed by atoms with Crippen molar-refractivity contribution in [1.82, 2.24) is 0 Å². The van der Waals surface area contributed by atoms with Crippen molar-refractivity contribution >= 4 is 0 Å². The summed E-state index contributed by atoms with van der Waals surface area (Å²) in [5.74, 6) is 1.81. The molecule has 2 rings (SSSR count). The topological polar surface area (TPSA) is 18.5 Å². The van der Waals surface area contributed by atoms with E-state index < -0.39 is 0 Å². The molecule has 2 nitrogen and oxygen atoms in total. The Kier molecular flexibility index (Phi) is 6.49. The lowest BCUT2D eigenvalue weighted by Crippen LogP contribution is -2.01. The minimum absolute atomic E-state index is 0.122. The summed E-state index contributed by atoms with van der Waals surface area (Å²) in [6, 6.07) is 16.2. The van der Waals surface area contributed by atoms with E-state index in [1.54, 1.807) is 12.2 Å². The van der Waals surface area contributed by atoms with Crippen LogP contribution in [0.15, 0.2) is 73.8 Å². The Labute approximate surface area is 139 Å². The molecule has 0 unspecified atom stereocenters. The lowest BCUT2D eigenvalue weighted by molar-refractivity contribution is 0.363. The molecule has 2 aromatic rings. The molecule has 0 saturated heterocycles. The van der Waals surface area contributed by atoms with Crippen molar-refractivity contribution in [3.05, 3.63) is 91.4 Å². The van der Waals surface area contributed by atoms with Crippen LogP contribution in [0.1, 0.15) is 24.0 Å². The van der Waals surface area contributed by atoms with Gasteiger partial charge in [-0.1, -0.05) is 56.5 Å². The van der Waals surface area contributed by atoms with Gasteiger partial charge >= 0.3 is 0 Å². The molecule has 118 valence electrons. The second-order valence-corrected chi connectivity index (χ2v) is 5.06. The van der Waals surface area contributed by atoms with Gasteiger partial charge in [0.25, 0.3) is 0 Å². The molecule has 0 aliphatic heterocycles. The molecule has 0 aliphatic rings. The van der Waals surface area contributed by atoms with Crippen molar-refractivity contribution in [2.45, 2.75) is 12.8 Å². The van der Waals surface area contributed by atoms with E-state index in [0.717, 1.165) is 11.5 Å². The van der Waals surface area contributed by atoms with Crippen molar-refractivity contribution in [3.63, 3.8) is 0 Å². The monoisotopic (exact) mass is 306 g/mol. The lowest BCUT2D eigenvalue weighted by atomic mass is 9.89. The van der Waals surface area contributed by atoms with E-state index in [9.17, 15) is 0 Å². The molecule has 0 heterocycles. The first-order valence-corrected chi connectivity index (χ1v) is 7.63. The van der Waals surface area contributed by atoms with Gasteiger partial charge in [0, 0.05) is 5.92 Å². The van der Waals surface area contributed by atoms with Crippen molar-refractivity contribution in [2.75, 3.05) is 13.2 Å². The average molecular weight is 306 g/mol. The van der Waals surface area contributed by atoms with E-state index in [1.807, 2.05) is 31.2 Å².